The lowest BCUT2D eigenvalue weighted by atomic mass is 10.3. The average Bonchev–Trinajstić information content (AvgIpc) is 2.41. The Hall–Kier alpha value is -1.06. The number of rotatable bonds is 1. The maximum absolute atomic E-state index is 10.4. The molecule has 1 unspecified atom stereocenters. The summed E-state index contributed by atoms with van der Waals surface area (Å²) in [6.45, 7) is 1.12. The minimum Gasteiger partial charge on any atom is -0.465 e. The summed E-state index contributed by atoms with van der Waals surface area (Å²) in [5.74, 6) is 0.831. The van der Waals surface area contributed by atoms with Gasteiger partial charge in [0.1, 0.15) is 6.29 Å². The zero-order valence-electron chi connectivity index (χ0n) is 5.93. The highest BCUT2D eigenvalue weighted by Crippen LogP contribution is 2.50. The summed E-state index contributed by atoms with van der Waals surface area (Å²) in [4.78, 5) is 22.1. The number of nitrogens with zero attached hydrogens (tertiary/aromatic N) is 1. The van der Waals surface area contributed by atoms with E-state index >= 15 is 0 Å². The van der Waals surface area contributed by atoms with Crippen LogP contribution in [0.1, 0.15) is 0 Å². The van der Waals surface area contributed by atoms with Gasteiger partial charge in [-0.15, -0.1) is 0 Å². The molecule has 2 rings (SSSR count). The molecule has 0 bridgehead atoms. The quantitative estimate of drug-likeness (QED) is 0.544. The minimum atomic E-state index is -0.859. The molecule has 1 aliphatic carbocycles. The second-order valence-electron chi connectivity index (χ2n) is 3.23. The van der Waals surface area contributed by atoms with Crippen molar-refractivity contribution in [3.8, 4) is 0 Å². The van der Waals surface area contributed by atoms with Crippen LogP contribution in [0.2, 0.25) is 0 Å². The Kier molecular flexibility index (Phi) is 1.19. The van der Waals surface area contributed by atoms with Crippen molar-refractivity contribution in [2.75, 3.05) is 13.1 Å². The first-order chi connectivity index (χ1) is 5.24. The maximum Gasteiger partial charge on any atom is 0.407 e. The van der Waals surface area contributed by atoms with Crippen molar-refractivity contribution < 1.29 is 14.7 Å². The van der Waals surface area contributed by atoms with Crippen LogP contribution in [0.4, 0.5) is 4.79 Å². The van der Waals surface area contributed by atoms with Crippen LogP contribution in [-0.2, 0) is 4.79 Å². The van der Waals surface area contributed by atoms with Gasteiger partial charge in [-0.1, -0.05) is 0 Å². The van der Waals surface area contributed by atoms with E-state index < -0.39 is 6.09 Å². The molecule has 4 heteroatoms. The number of likely N-dealkylation sites (tertiary alicyclic amines) is 1. The molecule has 1 N–H and O–H groups in total. The fourth-order valence-corrected chi connectivity index (χ4v) is 1.93. The van der Waals surface area contributed by atoms with Gasteiger partial charge in [0.2, 0.25) is 0 Å². The summed E-state index contributed by atoms with van der Waals surface area (Å²) >= 11 is 0. The molecule has 3 atom stereocenters. The van der Waals surface area contributed by atoms with E-state index in [9.17, 15) is 9.59 Å². The van der Waals surface area contributed by atoms with Gasteiger partial charge < -0.3 is 14.8 Å². The first kappa shape index (κ1) is 6.64. The number of carbonyl (C=O) groups excluding carboxylic acids is 1. The monoisotopic (exact) mass is 155 g/mol. The van der Waals surface area contributed by atoms with Crippen LogP contribution in [0, 0.1) is 17.8 Å². The minimum absolute atomic E-state index is 0.158. The number of piperidine rings is 1. The Morgan fingerprint density at radius 2 is 2.00 bits per heavy atom. The molecular weight excluding hydrogens is 146 g/mol. The Labute approximate surface area is 63.8 Å². The van der Waals surface area contributed by atoms with E-state index in [0.29, 0.717) is 24.9 Å². The second kappa shape index (κ2) is 1.96. The summed E-state index contributed by atoms with van der Waals surface area (Å²) < 4.78 is 0. The number of fused-ring (bicyclic) bond motifs is 1. The van der Waals surface area contributed by atoms with E-state index in [1.165, 1.54) is 4.90 Å². The topological polar surface area (TPSA) is 57.6 Å². The number of aldehydes is 1. The number of carbonyl (C=O) groups is 2. The zero-order chi connectivity index (χ0) is 8.01. The Bertz CT molecular complexity index is 204. The van der Waals surface area contributed by atoms with Crippen LogP contribution in [0.3, 0.4) is 0 Å². The molecule has 2 fully saturated rings. The van der Waals surface area contributed by atoms with E-state index in [4.69, 9.17) is 5.11 Å². The fourth-order valence-electron chi connectivity index (χ4n) is 1.93. The van der Waals surface area contributed by atoms with E-state index in [1.54, 1.807) is 0 Å². The van der Waals surface area contributed by atoms with Gasteiger partial charge in [0.15, 0.2) is 0 Å². The molecule has 0 aromatic rings. The lowest BCUT2D eigenvalue weighted by molar-refractivity contribution is -0.109. The average molecular weight is 155 g/mol. The Morgan fingerprint density at radius 1 is 1.45 bits per heavy atom. The lowest BCUT2D eigenvalue weighted by Gasteiger charge is -2.13. The van der Waals surface area contributed by atoms with Gasteiger partial charge in [0.05, 0.1) is 0 Å². The highest BCUT2D eigenvalue weighted by Gasteiger charge is 2.56. The van der Waals surface area contributed by atoms with Gasteiger partial charge in [-0.2, -0.15) is 0 Å². The lowest BCUT2D eigenvalue weighted by Crippen LogP contribution is -2.29. The van der Waals surface area contributed by atoms with Gasteiger partial charge in [-0.05, 0) is 11.8 Å². The van der Waals surface area contributed by atoms with Crippen molar-refractivity contribution in [1.29, 1.82) is 0 Å². The normalized spacial score (nSPS) is 40.0. The third-order valence-electron chi connectivity index (χ3n) is 2.69. The van der Waals surface area contributed by atoms with Crippen molar-refractivity contribution in [3.63, 3.8) is 0 Å². The van der Waals surface area contributed by atoms with Crippen LogP contribution in [0.25, 0.3) is 0 Å². The summed E-state index contributed by atoms with van der Waals surface area (Å²) in [5, 5.41) is 8.55. The number of hydrogen-bond donors (Lipinski definition) is 1. The summed E-state index contributed by atoms with van der Waals surface area (Å²) in [5.41, 5.74) is 0. The molecule has 1 amide bonds. The van der Waals surface area contributed by atoms with Crippen molar-refractivity contribution in [3.05, 3.63) is 0 Å². The van der Waals surface area contributed by atoms with Crippen LogP contribution in [-0.4, -0.2) is 35.5 Å². The van der Waals surface area contributed by atoms with E-state index in [-0.39, 0.29) is 5.92 Å². The summed E-state index contributed by atoms with van der Waals surface area (Å²) in [6, 6.07) is 0. The molecule has 11 heavy (non-hydrogen) atoms. The van der Waals surface area contributed by atoms with E-state index in [2.05, 4.69) is 0 Å². The van der Waals surface area contributed by atoms with Crippen molar-refractivity contribution in [2.45, 2.75) is 0 Å². The van der Waals surface area contributed by atoms with Crippen LogP contribution in [0.15, 0.2) is 0 Å². The molecule has 1 heterocycles. The van der Waals surface area contributed by atoms with Crippen molar-refractivity contribution >= 4 is 12.4 Å². The van der Waals surface area contributed by atoms with E-state index in [0.717, 1.165) is 6.29 Å². The van der Waals surface area contributed by atoms with Crippen LogP contribution < -0.4 is 0 Å². The Morgan fingerprint density at radius 3 is 2.36 bits per heavy atom. The molecule has 0 aromatic heterocycles. The third-order valence-corrected chi connectivity index (χ3v) is 2.69. The predicted molar refractivity (Wildman–Crippen MR) is 36.1 cm³/mol. The van der Waals surface area contributed by atoms with Gasteiger partial charge in [-0.25, -0.2) is 4.79 Å². The molecular formula is C7H9NO3. The van der Waals surface area contributed by atoms with Gasteiger partial charge in [0, 0.05) is 19.0 Å². The molecule has 2 aliphatic rings. The zero-order valence-corrected chi connectivity index (χ0v) is 5.93. The first-order valence-corrected chi connectivity index (χ1v) is 3.67. The highest BCUT2D eigenvalue weighted by molar-refractivity contribution is 5.68. The van der Waals surface area contributed by atoms with Crippen molar-refractivity contribution in [1.82, 2.24) is 4.90 Å². The predicted octanol–water partition coefficient (Wildman–Crippen LogP) is 0.0411. The maximum atomic E-state index is 10.4. The third kappa shape index (κ3) is 0.818. The first-order valence-electron chi connectivity index (χ1n) is 3.67. The highest BCUT2D eigenvalue weighted by atomic mass is 16.4. The molecule has 1 aliphatic heterocycles. The van der Waals surface area contributed by atoms with E-state index in [1.807, 2.05) is 0 Å². The number of carboxylic acid groups (broad SMARTS) is 1. The molecule has 1 saturated carbocycles. The molecule has 0 radical (unpaired) electrons. The Balaban J connectivity index is 1.94. The second-order valence-corrected chi connectivity index (χ2v) is 3.23. The molecule has 0 aromatic carbocycles. The number of amides is 1. The summed E-state index contributed by atoms with van der Waals surface area (Å²) in [7, 11) is 0. The largest absolute Gasteiger partial charge is 0.465 e. The molecule has 4 nitrogen and oxygen atoms in total. The van der Waals surface area contributed by atoms with Crippen molar-refractivity contribution in [2.24, 2.45) is 17.8 Å². The summed E-state index contributed by atoms with van der Waals surface area (Å²) in [6.07, 6.45) is 0.0935. The number of hydrogen-bond acceptors (Lipinski definition) is 2. The molecule has 1 saturated heterocycles. The smallest absolute Gasteiger partial charge is 0.407 e. The molecule has 60 valence electrons. The fraction of sp³-hybridized carbons (Fsp3) is 0.714. The van der Waals surface area contributed by atoms with Crippen LogP contribution >= 0.6 is 0 Å². The SMILES string of the molecule is O=CC1[C@H]2CN(C(=O)O)C[C@@H]12. The van der Waals surface area contributed by atoms with Gasteiger partial charge in [0.25, 0.3) is 0 Å². The molecule has 0 spiro atoms. The van der Waals surface area contributed by atoms with Gasteiger partial charge >= 0.3 is 6.09 Å². The van der Waals surface area contributed by atoms with Crippen LogP contribution in [0.5, 0.6) is 0 Å². The standard InChI is InChI=1S/C7H9NO3/c9-3-6-4-1-8(7(10)11)2-5(4)6/h3-6H,1-2H2,(H,10,11)/t4-,5+,6?. The van der Waals surface area contributed by atoms with Gasteiger partial charge in [-0.3, -0.25) is 0 Å².